The van der Waals surface area contributed by atoms with Gasteiger partial charge in [0.15, 0.2) is 0 Å². The SMILES string of the molecule is CN1CCC(Nc2cccc3c(SC(F)(F)F)c(-c4nnc(C5CCC(=O)N5)o4)sc23)C(F)C1. The van der Waals surface area contributed by atoms with E-state index < -0.39 is 23.8 Å². The van der Waals surface area contributed by atoms with E-state index in [2.05, 4.69) is 20.8 Å². The van der Waals surface area contributed by atoms with Crippen LogP contribution in [0.1, 0.15) is 31.2 Å². The molecule has 2 N–H and O–H groups in total. The smallest absolute Gasteiger partial charge is 0.418 e. The number of nitrogens with one attached hydrogen (secondary N) is 2. The lowest BCUT2D eigenvalue weighted by atomic mass is 10.0. The largest absolute Gasteiger partial charge is 0.446 e. The number of aromatic nitrogens is 2. The predicted octanol–water partition coefficient (Wildman–Crippen LogP) is 4.97. The number of carbonyl (C=O) groups excluding carboxylic acids is 1. The zero-order chi connectivity index (χ0) is 24.0. The molecule has 2 aliphatic rings. The Bertz CT molecular complexity index is 1210. The Hall–Kier alpha value is -2.38. The Morgan fingerprint density at radius 3 is 2.82 bits per heavy atom. The van der Waals surface area contributed by atoms with Gasteiger partial charge in [-0.3, -0.25) is 4.79 Å². The number of amides is 1. The number of piperidine rings is 1. The number of likely N-dealkylation sites (tertiary alicyclic amines) is 1. The van der Waals surface area contributed by atoms with Crippen LogP contribution in [-0.2, 0) is 4.79 Å². The molecule has 0 spiro atoms. The van der Waals surface area contributed by atoms with Crippen LogP contribution < -0.4 is 10.6 Å². The zero-order valence-corrected chi connectivity index (χ0v) is 19.6. The van der Waals surface area contributed by atoms with E-state index in [1.807, 2.05) is 11.9 Å². The molecule has 0 bridgehead atoms. The van der Waals surface area contributed by atoms with Crippen LogP contribution in [0, 0.1) is 0 Å². The third-order valence-corrected chi connectivity index (χ3v) is 8.12. The molecule has 34 heavy (non-hydrogen) atoms. The van der Waals surface area contributed by atoms with Crippen LogP contribution in [0.5, 0.6) is 0 Å². The van der Waals surface area contributed by atoms with Crippen LogP contribution in [0.2, 0.25) is 0 Å². The highest BCUT2D eigenvalue weighted by molar-refractivity contribution is 8.00. The van der Waals surface area contributed by atoms with Gasteiger partial charge in [-0.05, 0) is 37.7 Å². The highest BCUT2D eigenvalue weighted by Crippen LogP contribution is 2.51. The summed E-state index contributed by atoms with van der Waals surface area (Å²) in [5.74, 6) is -0.0281. The fourth-order valence-corrected chi connectivity index (χ4v) is 6.35. The van der Waals surface area contributed by atoms with Gasteiger partial charge in [0, 0.05) is 29.8 Å². The summed E-state index contributed by atoms with van der Waals surface area (Å²) in [6, 6.07) is 4.10. The van der Waals surface area contributed by atoms with Crippen molar-refractivity contribution < 1.29 is 26.8 Å². The van der Waals surface area contributed by atoms with Gasteiger partial charge in [0.2, 0.25) is 11.8 Å². The highest BCUT2D eigenvalue weighted by atomic mass is 32.2. The van der Waals surface area contributed by atoms with Crippen LogP contribution in [0.15, 0.2) is 27.5 Å². The second-order valence-corrected chi connectivity index (χ2v) is 10.5. The molecule has 3 atom stereocenters. The Morgan fingerprint density at radius 2 is 2.12 bits per heavy atom. The predicted molar refractivity (Wildman–Crippen MR) is 122 cm³/mol. The van der Waals surface area contributed by atoms with E-state index >= 15 is 0 Å². The number of rotatable bonds is 5. The summed E-state index contributed by atoms with van der Waals surface area (Å²) in [6.07, 6.45) is 0.280. The Labute approximate surface area is 200 Å². The number of carbonyl (C=O) groups is 1. The normalized spacial score (nSPS) is 24.0. The minimum atomic E-state index is -4.54. The van der Waals surface area contributed by atoms with Crippen LogP contribution in [0.4, 0.5) is 23.2 Å². The van der Waals surface area contributed by atoms with Crippen molar-refractivity contribution in [2.45, 2.75) is 47.9 Å². The fraction of sp³-hybridized carbons (Fsp3) is 0.476. The number of halogens is 4. The maximum atomic E-state index is 14.6. The van der Waals surface area contributed by atoms with Gasteiger partial charge in [-0.15, -0.1) is 21.5 Å². The first kappa shape index (κ1) is 23.4. The molecule has 2 aromatic heterocycles. The minimum absolute atomic E-state index is 0.0398. The standard InChI is InChI=1S/C21H21F4N5O2S2/c1-30-8-7-12(11(22)9-30)26-13-4-2-3-10-16(13)33-18(17(10)34-21(23,24)25)20-29-28-19(32-20)14-5-6-15(31)27-14/h2-4,11-12,14,26H,5-9H2,1H3,(H,27,31). The summed E-state index contributed by atoms with van der Waals surface area (Å²) in [4.78, 5) is 13.6. The molecule has 0 radical (unpaired) electrons. The van der Waals surface area contributed by atoms with E-state index in [-0.39, 0.29) is 39.2 Å². The van der Waals surface area contributed by atoms with Gasteiger partial charge < -0.3 is 20.0 Å². The highest BCUT2D eigenvalue weighted by Gasteiger charge is 2.35. The van der Waals surface area contributed by atoms with E-state index in [4.69, 9.17) is 4.42 Å². The van der Waals surface area contributed by atoms with Crippen molar-refractivity contribution in [2.24, 2.45) is 0 Å². The van der Waals surface area contributed by atoms with E-state index in [1.54, 1.807) is 18.2 Å². The molecule has 5 rings (SSSR count). The summed E-state index contributed by atoms with van der Waals surface area (Å²) in [5, 5.41) is 14.2. The molecular formula is C21H21F4N5O2S2. The quantitative estimate of drug-likeness (QED) is 0.367. The summed E-state index contributed by atoms with van der Waals surface area (Å²) >= 11 is 0.852. The summed E-state index contributed by atoms with van der Waals surface area (Å²) in [6.45, 7) is 1.02. The van der Waals surface area contributed by atoms with E-state index in [0.717, 1.165) is 17.9 Å². The molecule has 3 aromatic rings. The third kappa shape index (κ3) is 4.73. The average Bonchev–Trinajstić information content (AvgIpc) is 3.48. The summed E-state index contributed by atoms with van der Waals surface area (Å²) in [5.41, 5.74) is -3.97. The van der Waals surface area contributed by atoms with Crippen molar-refractivity contribution in [3.8, 4) is 10.8 Å². The number of fused-ring (bicyclic) bond motifs is 1. The molecule has 0 saturated carbocycles. The molecule has 4 heterocycles. The van der Waals surface area contributed by atoms with Gasteiger partial charge in [-0.1, -0.05) is 12.1 Å². The molecule has 182 valence electrons. The Morgan fingerprint density at radius 1 is 1.29 bits per heavy atom. The minimum Gasteiger partial charge on any atom is -0.418 e. The topological polar surface area (TPSA) is 83.3 Å². The third-order valence-electron chi connectivity index (χ3n) is 5.90. The van der Waals surface area contributed by atoms with Crippen molar-refractivity contribution in [3.63, 3.8) is 0 Å². The van der Waals surface area contributed by atoms with Crippen LogP contribution in [0.25, 0.3) is 20.9 Å². The van der Waals surface area contributed by atoms with Crippen molar-refractivity contribution in [2.75, 3.05) is 25.5 Å². The number of thioether (sulfide) groups is 1. The average molecular weight is 516 g/mol. The number of nitrogens with zero attached hydrogens (tertiary/aromatic N) is 3. The van der Waals surface area contributed by atoms with Crippen LogP contribution >= 0.6 is 23.1 Å². The molecule has 2 aliphatic heterocycles. The lowest BCUT2D eigenvalue weighted by Crippen LogP contribution is -2.46. The van der Waals surface area contributed by atoms with Crippen LogP contribution in [-0.4, -0.2) is 58.9 Å². The first-order valence-corrected chi connectivity index (χ1v) is 12.3. The number of alkyl halides is 4. The van der Waals surface area contributed by atoms with Gasteiger partial charge >= 0.3 is 5.51 Å². The fourth-order valence-electron chi connectivity index (χ4n) is 4.25. The molecular weight excluding hydrogens is 494 g/mol. The van der Waals surface area contributed by atoms with Crippen molar-refractivity contribution in [1.29, 1.82) is 0 Å². The lowest BCUT2D eigenvalue weighted by Gasteiger charge is -2.33. The molecule has 13 heteroatoms. The van der Waals surface area contributed by atoms with E-state index in [1.165, 1.54) is 0 Å². The van der Waals surface area contributed by atoms with Crippen molar-refractivity contribution >= 4 is 44.8 Å². The van der Waals surface area contributed by atoms with Gasteiger partial charge in [-0.2, -0.15) is 13.2 Å². The maximum Gasteiger partial charge on any atom is 0.446 e. The molecule has 2 fully saturated rings. The first-order chi connectivity index (χ1) is 16.2. The van der Waals surface area contributed by atoms with Crippen LogP contribution in [0.3, 0.4) is 0 Å². The monoisotopic (exact) mass is 515 g/mol. The second kappa shape index (κ2) is 9.00. The Kier molecular flexibility index (Phi) is 6.19. The summed E-state index contributed by atoms with van der Waals surface area (Å²) in [7, 11) is 1.85. The number of hydrogen-bond acceptors (Lipinski definition) is 8. The lowest BCUT2D eigenvalue weighted by molar-refractivity contribution is -0.119. The Balaban J connectivity index is 1.53. The first-order valence-electron chi connectivity index (χ1n) is 10.7. The van der Waals surface area contributed by atoms with Gasteiger partial charge in [-0.25, -0.2) is 4.39 Å². The molecule has 1 aromatic carbocycles. The zero-order valence-electron chi connectivity index (χ0n) is 18.0. The molecule has 0 aliphatic carbocycles. The second-order valence-electron chi connectivity index (χ2n) is 8.41. The van der Waals surface area contributed by atoms with Gasteiger partial charge in [0.1, 0.15) is 17.1 Å². The van der Waals surface area contributed by atoms with Gasteiger partial charge in [0.25, 0.3) is 5.89 Å². The summed E-state index contributed by atoms with van der Waals surface area (Å²) < 4.78 is 61.3. The van der Waals surface area contributed by atoms with Crippen molar-refractivity contribution in [1.82, 2.24) is 20.4 Å². The van der Waals surface area contributed by atoms with Gasteiger partial charge in [0.05, 0.1) is 16.4 Å². The number of benzene rings is 1. The molecule has 2 saturated heterocycles. The number of thiophene rings is 1. The number of anilines is 1. The molecule has 1 amide bonds. The number of hydrogen-bond donors (Lipinski definition) is 2. The molecule has 7 nitrogen and oxygen atoms in total. The van der Waals surface area contributed by atoms with Crippen molar-refractivity contribution in [3.05, 3.63) is 24.1 Å². The molecule has 3 unspecified atom stereocenters. The maximum absolute atomic E-state index is 14.6. The van der Waals surface area contributed by atoms with E-state index in [0.29, 0.717) is 41.6 Å². The van der Waals surface area contributed by atoms with E-state index in [9.17, 15) is 22.4 Å².